The summed E-state index contributed by atoms with van der Waals surface area (Å²) in [6.07, 6.45) is 2.00. The third-order valence-corrected chi connectivity index (χ3v) is 1.42. The van der Waals surface area contributed by atoms with Gasteiger partial charge in [-0.2, -0.15) is 0 Å². The predicted octanol–water partition coefficient (Wildman–Crippen LogP) is 0.584. The minimum atomic E-state index is 0.771. The molecule has 0 amide bonds. The van der Waals surface area contributed by atoms with E-state index < -0.39 is 0 Å². The smallest absolute Gasteiger partial charge is 0.296 e. The maximum absolute atomic E-state index is 5.17. The van der Waals surface area contributed by atoms with Gasteiger partial charge in [0.25, 0.3) is 6.01 Å². The average Bonchev–Trinajstić information content (AvgIpc) is 2.22. The molecular weight excluding hydrogens is 116 g/mol. The summed E-state index contributed by atoms with van der Waals surface area (Å²) in [7, 11) is 0. The Balaban J connectivity index is 2.51. The standard InChI is InChI=1S/C6H8N2O/c1-5-4-8-2-3-9-6(8)7-5/h4H,2-3H2,1H3. The molecular formula is C6H8N2O. The zero-order valence-corrected chi connectivity index (χ0v) is 5.29. The van der Waals surface area contributed by atoms with E-state index in [2.05, 4.69) is 4.98 Å². The molecule has 0 saturated heterocycles. The number of hydrogen-bond acceptors (Lipinski definition) is 2. The highest BCUT2D eigenvalue weighted by Crippen LogP contribution is 2.15. The van der Waals surface area contributed by atoms with Crippen molar-refractivity contribution in [2.24, 2.45) is 0 Å². The second-order valence-corrected chi connectivity index (χ2v) is 2.21. The summed E-state index contributed by atoms with van der Waals surface area (Å²) in [6.45, 7) is 3.70. The second-order valence-electron chi connectivity index (χ2n) is 2.21. The SMILES string of the molecule is Cc1cn2c(n1)OCC2. The van der Waals surface area contributed by atoms with Gasteiger partial charge in [-0.15, -0.1) is 0 Å². The van der Waals surface area contributed by atoms with Crippen LogP contribution in [0.5, 0.6) is 6.01 Å². The van der Waals surface area contributed by atoms with Crippen molar-refractivity contribution < 1.29 is 4.74 Å². The van der Waals surface area contributed by atoms with Crippen LogP contribution in [0, 0.1) is 6.92 Å². The monoisotopic (exact) mass is 124 g/mol. The van der Waals surface area contributed by atoms with Crippen LogP contribution in [0.2, 0.25) is 0 Å². The van der Waals surface area contributed by atoms with Gasteiger partial charge in [0.05, 0.1) is 12.2 Å². The van der Waals surface area contributed by atoms with Crippen molar-refractivity contribution in [3.8, 4) is 6.01 Å². The molecule has 0 unspecified atom stereocenters. The Kier molecular flexibility index (Phi) is 0.806. The van der Waals surface area contributed by atoms with Gasteiger partial charge in [0.15, 0.2) is 0 Å². The van der Waals surface area contributed by atoms with E-state index in [4.69, 9.17) is 4.74 Å². The number of hydrogen-bond donors (Lipinski definition) is 0. The van der Waals surface area contributed by atoms with Gasteiger partial charge < -0.3 is 4.74 Å². The van der Waals surface area contributed by atoms with Gasteiger partial charge in [-0.1, -0.05) is 0 Å². The van der Waals surface area contributed by atoms with E-state index in [1.807, 2.05) is 17.7 Å². The van der Waals surface area contributed by atoms with Crippen molar-refractivity contribution in [2.45, 2.75) is 13.5 Å². The van der Waals surface area contributed by atoms with E-state index in [-0.39, 0.29) is 0 Å². The van der Waals surface area contributed by atoms with Crippen LogP contribution < -0.4 is 4.74 Å². The molecule has 0 saturated carbocycles. The van der Waals surface area contributed by atoms with Crippen LogP contribution in [-0.2, 0) is 6.54 Å². The summed E-state index contributed by atoms with van der Waals surface area (Å²) < 4.78 is 7.19. The van der Waals surface area contributed by atoms with Crippen LogP contribution in [0.3, 0.4) is 0 Å². The third-order valence-electron chi connectivity index (χ3n) is 1.42. The molecule has 0 atom stereocenters. The highest BCUT2D eigenvalue weighted by Gasteiger charge is 2.11. The van der Waals surface area contributed by atoms with Gasteiger partial charge in [0.2, 0.25) is 0 Å². The Morgan fingerprint density at radius 1 is 1.78 bits per heavy atom. The Hall–Kier alpha value is -0.990. The first kappa shape index (κ1) is 4.85. The van der Waals surface area contributed by atoms with Crippen molar-refractivity contribution in [2.75, 3.05) is 6.61 Å². The number of aryl methyl sites for hydroxylation is 1. The fourth-order valence-electron chi connectivity index (χ4n) is 1.04. The molecule has 0 aromatic carbocycles. The molecule has 0 aliphatic carbocycles. The molecule has 1 aromatic rings. The van der Waals surface area contributed by atoms with Crippen LogP contribution in [0.1, 0.15) is 5.69 Å². The minimum absolute atomic E-state index is 0.771. The van der Waals surface area contributed by atoms with Crippen molar-refractivity contribution in [1.29, 1.82) is 0 Å². The molecule has 3 nitrogen and oxygen atoms in total. The summed E-state index contributed by atoms with van der Waals surface area (Å²) in [5.41, 5.74) is 1.03. The number of aromatic nitrogens is 2. The maximum Gasteiger partial charge on any atom is 0.296 e. The summed E-state index contributed by atoms with van der Waals surface area (Å²) >= 11 is 0. The first-order valence-corrected chi connectivity index (χ1v) is 3.03. The first-order chi connectivity index (χ1) is 4.36. The van der Waals surface area contributed by atoms with Gasteiger partial charge >= 0.3 is 0 Å². The Morgan fingerprint density at radius 2 is 2.67 bits per heavy atom. The fourth-order valence-corrected chi connectivity index (χ4v) is 1.04. The molecule has 1 aliphatic rings. The molecule has 0 spiro atoms. The average molecular weight is 124 g/mol. The summed E-state index contributed by atoms with van der Waals surface area (Å²) in [5.74, 6) is 0. The van der Waals surface area contributed by atoms with Crippen molar-refractivity contribution in [1.82, 2.24) is 9.55 Å². The molecule has 9 heavy (non-hydrogen) atoms. The molecule has 1 aliphatic heterocycles. The minimum Gasteiger partial charge on any atom is -0.463 e. The van der Waals surface area contributed by atoms with Crippen molar-refractivity contribution in [3.63, 3.8) is 0 Å². The van der Waals surface area contributed by atoms with E-state index >= 15 is 0 Å². The highest BCUT2D eigenvalue weighted by atomic mass is 16.5. The third kappa shape index (κ3) is 0.608. The molecule has 2 heterocycles. The number of ether oxygens (including phenoxy) is 1. The summed E-state index contributed by atoms with van der Waals surface area (Å²) in [5, 5.41) is 0. The Bertz CT molecular complexity index is 207. The molecule has 2 rings (SSSR count). The van der Waals surface area contributed by atoms with Crippen LogP contribution in [-0.4, -0.2) is 16.2 Å². The largest absolute Gasteiger partial charge is 0.463 e. The summed E-state index contributed by atoms with van der Waals surface area (Å²) in [6, 6.07) is 0.771. The lowest BCUT2D eigenvalue weighted by Gasteiger charge is -1.85. The fraction of sp³-hybridized carbons (Fsp3) is 0.500. The molecule has 48 valence electrons. The number of nitrogens with zero attached hydrogens (tertiary/aromatic N) is 2. The quantitative estimate of drug-likeness (QED) is 0.506. The summed E-state index contributed by atoms with van der Waals surface area (Å²) in [4.78, 5) is 4.13. The van der Waals surface area contributed by atoms with Crippen LogP contribution in [0.4, 0.5) is 0 Å². The van der Waals surface area contributed by atoms with Gasteiger partial charge in [0, 0.05) is 6.20 Å². The van der Waals surface area contributed by atoms with Gasteiger partial charge in [0.1, 0.15) is 6.61 Å². The molecule has 0 radical (unpaired) electrons. The second kappa shape index (κ2) is 1.50. The van der Waals surface area contributed by atoms with E-state index in [1.165, 1.54) is 0 Å². The van der Waals surface area contributed by atoms with E-state index in [9.17, 15) is 0 Å². The zero-order chi connectivity index (χ0) is 6.27. The zero-order valence-electron chi connectivity index (χ0n) is 5.29. The topological polar surface area (TPSA) is 27.1 Å². The number of fused-ring (bicyclic) bond motifs is 1. The molecule has 1 aromatic heterocycles. The molecule has 3 heteroatoms. The lowest BCUT2D eigenvalue weighted by Crippen LogP contribution is -1.91. The Morgan fingerprint density at radius 3 is 3.44 bits per heavy atom. The Labute approximate surface area is 53.3 Å². The highest BCUT2D eigenvalue weighted by molar-refractivity contribution is 5.08. The number of imidazole rings is 1. The van der Waals surface area contributed by atoms with Crippen molar-refractivity contribution >= 4 is 0 Å². The molecule has 0 fully saturated rings. The lowest BCUT2D eigenvalue weighted by molar-refractivity contribution is 0.344. The number of rotatable bonds is 0. The predicted molar refractivity (Wildman–Crippen MR) is 32.5 cm³/mol. The maximum atomic E-state index is 5.17. The van der Waals surface area contributed by atoms with Gasteiger partial charge in [-0.25, -0.2) is 4.98 Å². The van der Waals surface area contributed by atoms with Gasteiger partial charge in [-0.3, -0.25) is 4.57 Å². The first-order valence-electron chi connectivity index (χ1n) is 3.03. The molecule has 0 N–H and O–H groups in total. The van der Waals surface area contributed by atoms with E-state index in [0.717, 1.165) is 24.9 Å². The van der Waals surface area contributed by atoms with Crippen LogP contribution in [0.25, 0.3) is 0 Å². The van der Waals surface area contributed by atoms with Crippen LogP contribution >= 0.6 is 0 Å². The van der Waals surface area contributed by atoms with E-state index in [0.29, 0.717) is 0 Å². The molecule has 0 bridgehead atoms. The van der Waals surface area contributed by atoms with E-state index in [1.54, 1.807) is 0 Å². The lowest BCUT2D eigenvalue weighted by atomic mass is 10.5. The normalized spacial score (nSPS) is 15.2. The van der Waals surface area contributed by atoms with Crippen LogP contribution in [0.15, 0.2) is 6.20 Å². The van der Waals surface area contributed by atoms with Gasteiger partial charge in [-0.05, 0) is 6.92 Å². The van der Waals surface area contributed by atoms with Crippen molar-refractivity contribution in [3.05, 3.63) is 11.9 Å².